The fourth-order valence-electron chi connectivity index (χ4n) is 2.49. The molecule has 0 aliphatic carbocycles. The zero-order valence-electron chi connectivity index (χ0n) is 14.4. The summed E-state index contributed by atoms with van der Waals surface area (Å²) in [6, 6.07) is 6.99. The first kappa shape index (κ1) is 17.8. The van der Waals surface area contributed by atoms with Crippen molar-refractivity contribution < 1.29 is 9.59 Å². The Bertz CT molecular complexity index is 1090. The van der Waals surface area contributed by atoms with Gasteiger partial charge in [0.15, 0.2) is 0 Å². The molecule has 2 amide bonds. The lowest BCUT2D eigenvalue weighted by Crippen LogP contribution is -2.35. The van der Waals surface area contributed by atoms with Crippen molar-refractivity contribution >= 4 is 34.2 Å². The molecule has 0 saturated heterocycles. The number of nitrogens with one attached hydrogen (secondary N) is 2. The van der Waals surface area contributed by atoms with Crippen LogP contribution in [0.15, 0.2) is 36.8 Å². The van der Waals surface area contributed by atoms with Crippen LogP contribution in [0, 0.1) is 18.3 Å². The topological polar surface area (TPSA) is 147 Å². The van der Waals surface area contributed by atoms with E-state index in [9.17, 15) is 9.59 Å². The normalized spacial score (nSPS) is 10.2. The van der Waals surface area contributed by atoms with Gasteiger partial charge in [-0.05, 0) is 36.1 Å². The largest absolute Gasteiger partial charge is 0.383 e. The minimum Gasteiger partial charge on any atom is -0.383 e. The van der Waals surface area contributed by atoms with Crippen LogP contribution >= 0.6 is 0 Å². The molecule has 0 atom stereocenters. The van der Waals surface area contributed by atoms with E-state index in [0.29, 0.717) is 22.3 Å². The maximum Gasteiger partial charge on any atom is 0.314 e. The van der Waals surface area contributed by atoms with Crippen LogP contribution in [0.1, 0.15) is 5.56 Å². The maximum absolute atomic E-state index is 11.8. The number of carbonyl (C=O) groups is 2. The van der Waals surface area contributed by atoms with E-state index < -0.39 is 11.8 Å². The molecule has 4 N–H and O–H groups in total. The Morgan fingerprint density at radius 3 is 2.81 bits per heavy atom. The average molecular weight is 361 g/mol. The van der Waals surface area contributed by atoms with E-state index in [-0.39, 0.29) is 12.4 Å². The summed E-state index contributed by atoms with van der Waals surface area (Å²) in [7, 11) is 0. The molecule has 0 aliphatic rings. The van der Waals surface area contributed by atoms with E-state index in [0.717, 1.165) is 11.1 Å². The van der Waals surface area contributed by atoms with Crippen LogP contribution in [-0.2, 0) is 9.59 Å². The maximum atomic E-state index is 11.8. The summed E-state index contributed by atoms with van der Waals surface area (Å²) in [5.41, 5.74) is 8.52. The molecule has 0 unspecified atom stereocenters. The predicted molar refractivity (Wildman–Crippen MR) is 99.2 cm³/mol. The van der Waals surface area contributed by atoms with Gasteiger partial charge in [-0.15, -0.1) is 0 Å². The molecule has 0 aromatic carbocycles. The van der Waals surface area contributed by atoms with E-state index in [4.69, 9.17) is 11.0 Å². The summed E-state index contributed by atoms with van der Waals surface area (Å²) in [5.74, 6) is -1.36. The van der Waals surface area contributed by atoms with Crippen LogP contribution in [0.4, 0.5) is 11.6 Å². The number of pyridine rings is 3. The first-order chi connectivity index (χ1) is 13.0. The van der Waals surface area contributed by atoms with Crippen LogP contribution in [0.3, 0.4) is 0 Å². The van der Waals surface area contributed by atoms with Gasteiger partial charge in [-0.2, -0.15) is 5.26 Å². The second kappa shape index (κ2) is 7.45. The van der Waals surface area contributed by atoms with Crippen molar-refractivity contribution in [1.82, 2.24) is 20.3 Å². The zero-order valence-corrected chi connectivity index (χ0v) is 14.4. The molecule has 0 saturated carbocycles. The Labute approximate surface area is 154 Å². The third-order valence-corrected chi connectivity index (χ3v) is 3.84. The van der Waals surface area contributed by atoms with Crippen LogP contribution in [0.2, 0.25) is 0 Å². The second-order valence-corrected chi connectivity index (χ2v) is 5.67. The molecule has 9 heteroatoms. The molecule has 0 bridgehead atoms. The van der Waals surface area contributed by atoms with Gasteiger partial charge in [0.2, 0.25) is 0 Å². The van der Waals surface area contributed by atoms with E-state index >= 15 is 0 Å². The predicted octanol–water partition coefficient (Wildman–Crippen LogP) is 1.16. The Balaban J connectivity index is 1.95. The van der Waals surface area contributed by atoms with Crippen LogP contribution in [0.5, 0.6) is 0 Å². The van der Waals surface area contributed by atoms with E-state index in [1.807, 2.05) is 19.1 Å². The molecule has 3 rings (SSSR count). The Morgan fingerprint density at radius 2 is 2.07 bits per heavy atom. The highest BCUT2D eigenvalue weighted by molar-refractivity contribution is 6.39. The van der Waals surface area contributed by atoms with Gasteiger partial charge in [0.05, 0.1) is 11.8 Å². The molecule has 3 heterocycles. The number of anilines is 2. The summed E-state index contributed by atoms with van der Waals surface area (Å²) >= 11 is 0. The average Bonchev–Trinajstić information content (AvgIpc) is 2.66. The number of aromatic nitrogens is 3. The molecule has 0 radical (unpaired) electrons. The summed E-state index contributed by atoms with van der Waals surface area (Å²) in [4.78, 5) is 36.0. The molecule has 3 aromatic rings. The van der Waals surface area contributed by atoms with Gasteiger partial charge in [0.1, 0.15) is 18.2 Å². The fourth-order valence-corrected chi connectivity index (χ4v) is 2.49. The molecule has 0 spiro atoms. The lowest BCUT2D eigenvalue weighted by molar-refractivity contribution is -0.136. The molecule has 0 fully saturated rings. The van der Waals surface area contributed by atoms with Gasteiger partial charge in [-0.3, -0.25) is 14.6 Å². The van der Waals surface area contributed by atoms with Gasteiger partial charge in [-0.1, -0.05) is 0 Å². The third-order valence-electron chi connectivity index (χ3n) is 3.84. The van der Waals surface area contributed by atoms with Crippen molar-refractivity contribution in [1.29, 1.82) is 5.26 Å². The van der Waals surface area contributed by atoms with E-state index in [2.05, 4.69) is 25.6 Å². The minimum atomic E-state index is -0.917. The zero-order chi connectivity index (χ0) is 19.4. The first-order valence-corrected chi connectivity index (χ1v) is 7.93. The first-order valence-electron chi connectivity index (χ1n) is 7.93. The highest BCUT2D eigenvalue weighted by Crippen LogP contribution is 2.28. The summed E-state index contributed by atoms with van der Waals surface area (Å²) in [6.07, 6.45) is 4.87. The Hall–Kier alpha value is -4.06. The number of carbonyl (C=O) groups excluding carboxylic acids is 2. The number of fused-ring (bicyclic) bond motifs is 1. The van der Waals surface area contributed by atoms with Gasteiger partial charge in [0, 0.05) is 29.5 Å². The van der Waals surface area contributed by atoms with Crippen LogP contribution < -0.4 is 16.4 Å². The summed E-state index contributed by atoms with van der Waals surface area (Å²) in [5, 5.41) is 14.3. The molecule has 9 nitrogen and oxygen atoms in total. The lowest BCUT2D eigenvalue weighted by atomic mass is 10.1. The van der Waals surface area contributed by atoms with Gasteiger partial charge < -0.3 is 16.4 Å². The highest BCUT2D eigenvalue weighted by atomic mass is 16.2. The Morgan fingerprint density at radius 1 is 1.26 bits per heavy atom. The van der Waals surface area contributed by atoms with Crippen molar-refractivity contribution in [3.63, 3.8) is 0 Å². The highest BCUT2D eigenvalue weighted by Gasteiger charge is 2.15. The molecular formula is C18H15N7O2. The number of rotatable bonds is 3. The quantitative estimate of drug-likeness (QED) is 0.468. The molecule has 134 valence electrons. The summed E-state index contributed by atoms with van der Waals surface area (Å²) in [6.45, 7) is 1.69. The van der Waals surface area contributed by atoms with Gasteiger partial charge in [-0.25, -0.2) is 9.97 Å². The number of nitrogen functional groups attached to an aromatic ring is 1. The van der Waals surface area contributed by atoms with Crippen molar-refractivity contribution in [2.45, 2.75) is 6.92 Å². The smallest absolute Gasteiger partial charge is 0.314 e. The minimum absolute atomic E-state index is 0.180. The molecule has 27 heavy (non-hydrogen) atoms. The van der Waals surface area contributed by atoms with Crippen molar-refractivity contribution in [2.75, 3.05) is 17.6 Å². The SMILES string of the molecule is Cc1ccncc1-c1cc2cc(NC(=O)C(=O)NCC#N)ncc2c(N)n1. The van der Waals surface area contributed by atoms with Crippen molar-refractivity contribution in [3.8, 4) is 17.3 Å². The van der Waals surface area contributed by atoms with Crippen molar-refractivity contribution in [2.24, 2.45) is 0 Å². The molecule has 3 aromatic heterocycles. The Kier molecular flexibility index (Phi) is 4.90. The number of nitriles is 1. The number of hydrogen-bond acceptors (Lipinski definition) is 7. The standard InChI is InChI=1S/C18H15N7O2/c1-10-2-4-21-8-12(10)14-6-11-7-15(23-9-13(11)16(20)24-14)25-18(27)17(26)22-5-3-19/h2,4,6-9H,5H2,1H3,(H2,20,24)(H,22,26)(H,23,25,27). The van der Waals surface area contributed by atoms with Gasteiger partial charge in [0.25, 0.3) is 0 Å². The third kappa shape index (κ3) is 3.80. The molecule has 0 aliphatic heterocycles. The summed E-state index contributed by atoms with van der Waals surface area (Å²) < 4.78 is 0. The van der Waals surface area contributed by atoms with E-state index in [1.54, 1.807) is 24.5 Å². The fraction of sp³-hybridized carbons (Fsp3) is 0.111. The lowest BCUT2D eigenvalue weighted by Gasteiger charge is -2.10. The van der Waals surface area contributed by atoms with Gasteiger partial charge >= 0.3 is 11.8 Å². The number of hydrogen-bond donors (Lipinski definition) is 3. The second-order valence-electron chi connectivity index (χ2n) is 5.67. The van der Waals surface area contributed by atoms with Crippen LogP contribution in [-0.4, -0.2) is 33.3 Å². The molecular weight excluding hydrogens is 346 g/mol. The number of nitrogens with zero attached hydrogens (tertiary/aromatic N) is 4. The number of aryl methyl sites for hydroxylation is 1. The van der Waals surface area contributed by atoms with Crippen LogP contribution in [0.25, 0.3) is 22.0 Å². The van der Waals surface area contributed by atoms with Crippen molar-refractivity contribution in [3.05, 3.63) is 42.4 Å². The van der Waals surface area contributed by atoms with E-state index in [1.165, 1.54) is 6.20 Å². The monoisotopic (exact) mass is 361 g/mol. The number of nitrogens with two attached hydrogens (primary N) is 1. The number of amides is 2.